The minimum atomic E-state index is 0.651. The Morgan fingerprint density at radius 3 is 2.92 bits per heavy atom. The van der Waals surface area contributed by atoms with Crippen molar-refractivity contribution < 1.29 is 0 Å². The van der Waals surface area contributed by atoms with E-state index in [1.807, 2.05) is 11.8 Å². The van der Waals surface area contributed by atoms with Gasteiger partial charge in [0.05, 0.1) is 0 Å². The molecule has 2 heteroatoms. The van der Waals surface area contributed by atoms with Crippen LogP contribution >= 0.6 is 11.8 Å². The molecule has 1 aromatic carbocycles. The van der Waals surface area contributed by atoms with E-state index < -0.39 is 0 Å². The normalized spacial score (nSPS) is 16.1. The molecule has 70 valence electrons. The van der Waals surface area contributed by atoms with Crippen LogP contribution in [0, 0.1) is 5.92 Å². The van der Waals surface area contributed by atoms with E-state index in [-0.39, 0.29) is 0 Å². The molecular weight excluding hydrogens is 178 g/mol. The Morgan fingerprint density at radius 2 is 2.23 bits per heavy atom. The summed E-state index contributed by atoms with van der Waals surface area (Å²) >= 11 is 1.96. The Hall–Kier alpha value is -0.470. The van der Waals surface area contributed by atoms with E-state index in [2.05, 4.69) is 24.3 Å². The van der Waals surface area contributed by atoms with Crippen LogP contribution in [-0.2, 0) is 6.54 Å². The number of rotatable bonds is 4. The predicted molar refractivity (Wildman–Crippen MR) is 57.8 cm³/mol. The van der Waals surface area contributed by atoms with Crippen LogP contribution in [0.25, 0.3) is 0 Å². The molecule has 0 bridgehead atoms. The Morgan fingerprint density at radius 1 is 1.38 bits per heavy atom. The molecule has 2 N–H and O–H groups in total. The maximum absolute atomic E-state index is 5.58. The molecule has 0 atom stereocenters. The van der Waals surface area contributed by atoms with Crippen LogP contribution in [0.3, 0.4) is 0 Å². The van der Waals surface area contributed by atoms with Gasteiger partial charge in [-0.1, -0.05) is 12.1 Å². The van der Waals surface area contributed by atoms with Crippen LogP contribution < -0.4 is 5.73 Å². The Balaban J connectivity index is 1.93. The van der Waals surface area contributed by atoms with E-state index in [0.29, 0.717) is 6.54 Å². The zero-order valence-corrected chi connectivity index (χ0v) is 8.52. The largest absolute Gasteiger partial charge is 0.326 e. The van der Waals surface area contributed by atoms with E-state index in [1.54, 1.807) is 0 Å². The van der Waals surface area contributed by atoms with Gasteiger partial charge < -0.3 is 5.73 Å². The molecule has 0 spiro atoms. The summed E-state index contributed by atoms with van der Waals surface area (Å²) in [5, 5.41) is 0. The highest BCUT2D eigenvalue weighted by molar-refractivity contribution is 7.99. The lowest BCUT2D eigenvalue weighted by molar-refractivity contribution is 0.998. The van der Waals surface area contributed by atoms with E-state index in [4.69, 9.17) is 5.73 Å². The number of nitrogens with two attached hydrogens (primary N) is 1. The van der Waals surface area contributed by atoms with E-state index in [0.717, 1.165) is 5.92 Å². The van der Waals surface area contributed by atoms with Gasteiger partial charge in [0.1, 0.15) is 0 Å². The lowest BCUT2D eigenvalue weighted by Crippen LogP contribution is -1.95. The van der Waals surface area contributed by atoms with Gasteiger partial charge in [0, 0.05) is 17.2 Å². The van der Waals surface area contributed by atoms with Gasteiger partial charge in [0.15, 0.2) is 0 Å². The molecule has 1 fully saturated rings. The molecule has 0 aliphatic heterocycles. The molecular formula is C11H15NS. The van der Waals surface area contributed by atoms with Gasteiger partial charge >= 0.3 is 0 Å². The third kappa shape index (κ3) is 2.75. The molecule has 13 heavy (non-hydrogen) atoms. The van der Waals surface area contributed by atoms with Crippen LogP contribution in [0.1, 0.15) is 18.4 Å². The summed E-state index contributed by atoms with van der Waals surface area (Å²) in [6, 6.07) is 8.55. The molecule has 0 amide bonds. The number of hydrogen-bond donors (Lipinski definition) is 1. The second-order valence-electron chi connectivity index (χ2n) is 3.61. The molecule has 0 saturated heterocycles. The summed E-state index contributed by atoms with van der Waals surface area (Å²) in [5.74, 6) is 2.28. The summed E-state index contributed by atoms with van der Waals surface area (Å²) < 4.78 is 0. The topological polar surface area (TPSA) is 26.0 Å². The summed E-state index contributed by atoms with van der Waals surface area (Å²) in [4.78, 5) is 1.37. The lowest BCUT2D eigenvalue weighted by atomic mass is 10.2. The van der Waals surface area contributed by atoms with Gasteiger partial charge in [-0.2, -0.15) is 0 Å². The summed E-state index contributed by atoms with van der Waals surface area (Å²) in [5.41, 5.74) is 6.81. The smallest absolute Gasteiger partial charge is 0.0178 e. The fourth-order valence-corrected chi connectivity index (χ4v) is 2.43. The highest BCUT2D eigenvalue weighted by atomic mass is 32.2. The minimum Gasteiger partial charge on any atom is -0.326 e. The maximum atomic E-state index is 5.58. The van der Waals surface area contributed by atoms with Crippen molar-refractivity contribution in [1.82, 2.24) is 0 Å². The molecule has 1 aliphatic carbocycles. The highest BCUT2D eigenvalue weighted by Crippen LogP contribution is 2.35. The summed E-state index contributed by atoms with van der Waals surface area (Å²) in [6.45, 7) is 0.651. The van der Waals surface area contributed by atoms with Gasteiger partial charge in [0.25, 0.3) is 0 Å². The molecule has 1 aromatic rings. The Kier molecular flexibility index (Phi) is 2.91. The first-order chi connectivity index (χ1) is 6.38. The van der Waals surface area contributed by atoms with Crippen molar-refractivity contribution in [3.05, 3.63) is 29.8 Å². The van der Waals surface area contributed by atoms with Crippen LogP contribution in [0.4, 0.5) is 0 Å². The van der Waals surface area contributed by atoms with Crippen molar-refractivity contribution in [1.29, 1.82) is 0 Å². The van der Waals surface area contributed by atoms with Crippen LogP contribution in [0.5, 0.6) is 0 Å². The zero-order valence-electron chi connectivity index (χ0n) is 7.70. The average Bonchev–Trinajstić information content (AvgIpc) is 2.99. The maximum Gasteiger partial charge on any atom is 0.0178 e. The van der Waals surface area contributed by atoms with Crippen LogP contribution in [-0.4, -0.2) is 5.75 Å². The monoisotopic (exact) mass is 193 g/mol. The number of thioether (sulfide) groups is 1. The van der Waals surface area contributed by atoms with Crippen molar-refractivity contribution in [2.75, 3.05) is 5.75 Å². The van der Waals surface area contributed by atoms with Gasteiger partial charge in [-0.3, -0.25) is 0 Å². The summed E-state index contributed by atoms with van der Waals surface area (Å²) in [6.07, 6.45) is 2.87. The quantitative estimate of drug-likeness (QED) is 0.744. The average molecular weight is 193 g/mol. The van der Waals surface area contributed by atoms with E-state index in [1.165, 1.54) is 29.1 Å². The fraction of sp³-hybridized carbons (Fsp3) is 0.455. The first kappa shape index (κ1) is 9.10. The SMILES string of the molecule is NCc1cccc(SCC2CC2)c1. The second kappa shape index (κ2) is 4.16. The van der Waals surface area contributed by atoms with Crippen molar-refractivity contribution in [3.8, 4) is 0 Å². The van der Waals surface area contributed by atoms with Gasteiger partial charge in [-0.25, -0.2) is 0 Å². The molecule has 0 heterocycles. The molecule has 2 rings (SSSR count). The van der Waals surface area contributed by atoms with Crippen LogP contribution in [0.15, 0.2) is 29.2 Å². The lowest BCUT2D eigenvalue weighted by Gasteiger charge is -2.02. The highest BCUT2D eigenvalue weighted by Gasteiger charge is 2.20. The number of hydrogen-bond acceptors (Lipinski definition) is 2. The molecule has 0 unspecified atom stereocenters. The Bertz CT molecular complexity index is 281. The van der Waals surface area contributed by atoms with E-state index in [9.17, 15) is 0 Å². The van der Waals surface area contributed by atoms with Crippen LogP contribution in [0.2, 0.25) is 0 Å². The Labute approximate surface area is 83.7 Å². The van der Waals surface area contributed by atoms with Crippen molar-refractivity contribution in [2.24, 2.45) is 11.7 Å². The second-order valence-corrected chi connectivity index (χ2v) is 4.70. The first-order valence-corrected chi connectivity index (χ1v) is 5.79. The molecule has 0 aromatic heterocycles. The van der Waals surface area contributed by atoms with Gasteiger partial charge in [0.2, 0.25) is 0 Å². The first-order valence-electron chi connectivity index (χ1n) is 4.80. The van der Waals surface area contributed by atoms with Gasteiger partial charge in [-0.05, 0) is 36.5 Å². The third-order valence-electron chi connectivity index (χ3n) is 2.32. The van der Waals surface area contributed by atoms with Crippen molar-refractivity contribution in [2.45, 2.75) is 24.3 Å². The molecule has 1 aliphatic rings. The molecule has 0 radical (unpaired) electrons. The van der Waals surface area contributed by atoms with Crippen molar-refractivity contribution >= 4 is 11.8 Å². The predicted octanol–water partition coefficient (Wildman–Crippen LogP) is 2.65. The zero-order chi connectivity index (χ0) is 9.10. The fourth-order valence-electron chi connectivity index (χ4n) is 1.26. The molecule has 1 nitrogen and oxygen atoms in total. The van der Waals surface area contributed by atoms with Crippen molar-refractivity contribution in [3.63, 3.8) is 0 Å². The summed E-state index contributed by atoms with van der Waals surface area (Å²) in [7, 11) is 0. The van der Waals surface area contributed by atoms with E-state index >= 15 is 0 Å². The third-order valence-corrected chi connectivity index (χ3v) is 3.54. The standard InChI is InChI=1S/C11H15NS/c12-7-10-2-1-3-11(6-10)13-8-9-4-5-9/h1-3,6,9H,4-5,7-8,12H2. The molecule has 1 saturated carbocycles. The number of benzene rings is 1. The minimum absolute atomic E-state index is 0.651. The van der Waals surface area contributed by atoms with Gasteiger partial charge in [-0.15, -0.1) is 11.8 Å².